The molecule has 0 aromatic heterocycles. The van der Waals surface area contributed by atoms with Crippen LogP contribution in [0.15, 0.2) is 12.2 Å². The molecule has 0 saturated heterocycles. The van der Waals surface area contributed by atoms with E-state index in [0.717, 1.165) is 5.92 Å². The van der Waals surface area contributed by atoms with E-state index in [1.807, 2.05) is 0 Å². The van der Waals surface area contributed by atoms with Gasteiger partial charge >= 0.3 is 0 Å². The van der Waals surface area contributed by atoms with E-state index in [0.29, 0.717) is 18.1 Å². The van der Waals surface area contributed by atoms with Crippen LogP contribution in [0.25, 0.3) is 0 Å². The second-order valence-corrected chi connectivity index (χ2v) is 4.87. The summed E-state index contributed by atoms with van der Waals surface area (Å²) in [5.41, 5.74) is 1.45. The van der Waals surface area contributed by atoms with E-state index < -0.39 is 0 Å². The van der Waals surface area contributed by atoms with Gasteiger partial charge in [-0.15, -0.1) is 0 Å². The largest absolute Gasteiger partial charge is 0.375 e. The summed E-state index contributed by atoms with van der Waals surface area (Å²) >= 11 is 0. The van der Waals surface area contributed by atoms with Crippen LogP contribution in [0.1, 0.15) is 39.5 Å². The van der Waals surface area contributed by atoms with Crippen LogP contribution < -0.4 is 0 Å². The monoisotopic (exact) mass is 180 g/mol. The normalized spacial score (nSPS) is 38.7. The molecule has 13 heavy (non-hydrogen) atoms. The lowest BCUT2D eigenvalue weighted by Gasteiger charge is -2.44. The third-order valence-electron chi connectivity index (χ3n) is 3.42. The molecule has 0 spiro atoms. The Kier molecular flexibility index (Phi) is 2.46. The van der Waals surface area contributed by atoms with Crippen molar-refractivity contribution in [3.05, 3.63) is 12.2 Å². The minimum Gasteiger partial charge on any atom is -0.375 e. The molecule has 3 rings (SSSR count). The van der Waals surface area contributed by atoms with Gasteiger partial charge < -0.3 is 4.74 Å². The minimum atomic E-state index is 0.372. The Hall–Kier alpha value is -0.300. The quantitative estimate of drug-likeness (QED) is 0.593. The zero-order valence-electron chi connectivity index (χ0n) is 8.75. The van der Waals surface area contributed by atoms with Crippen molar-refractivity contribution in [2.45, 2.75) is 51.7 Å². The van der Waals surface area contributed by atoms with Crippen LogP contribution >= 0.6 is 0 Å². The molecule has 0 aromatic rings. The van der Waals surface area contributed by atoms with Crippen molar-refractivity contribution in [2.24, 2.45) is 11.8 Å². The van der Waals surface area contributed by atoms with E-state index in [1.54, 1.807) is 0 Å². The molecule has 0 amide bonds. The van der Waals surface area contributed by atoms with Crippen molar-refractivity contribution in [3.63, 3.8) is 0 Å². The molecule has 0 aliphatic heterocycles. The van der Waals surface area contributed by atoms with Crippen LogP contribution in [-0.2, 0) is 4.74 Å². The summed E-state index contributed by atoms with van der Waals surface area (Å²) in [5, 5.41) is 0. The number of hydrogen-bond donors (Lipinski definition) is 0. The highest BCUT2D eigenvalue weighted by molar-refractivity contribution is 5.12. The number of fused-ring (bicyclic) bond motifs is 3. The summed E-state index contributed by atoms with van der Waals surface area (Å²) < 4.78 is 5.93. The van der Waals surface area contributed by atoms with E-state index in [4.69, 9.17) is 4.74 Å². The van der Waals surface area contributed by atoms with Crippen molar-refractivity contribution >= 4 is 0 Å². The minimum absolute atomic E-state index is 0.372. The van der Waals surface area contributed by atoms with E-state index in [2.05, 4.69) is 20.4 Å². The first-order valence-electron chi connectivity index (χ1n) is 5.50. The molecule has 2 bridgehead atoms. The summed E-state index contributed by atoms with van der Waals surface area (Å²) in [4.78, 5) is 0. The average Bonchev–Trinajstić information content (AvgIpc) is 2.02. The fourth-order valence-corrected chi connectivity index (χ4v) is 2.89. The number of ether oxygens (including phenoxy) is 1. The second-order valence-electron chi connectivity index (χ2n) is 4.87. The van der Waals surface area contributed by atoms with Crippen LogP contribution in [0.4, 0.5) is 0 Å². The van der Waals surface area contributed by atoms with Crippen LogP contribution in [0.3, 0.4) is 0 Å². The summed E-state index contributed by atoms with van der Waals surface area (Å²) in [6, 6.07) is 0. The molecule has 0 aromatic carbocycles. The summed E-state index contributed by atoms with van der Waals surface area (Å²) in [6.45, 7) is 8.43. The van der Waals surface area contributed by atoms with Gasteiger partial charge in [-0.25, -0.2) is 0 Å². The third kappa shape index (κ3) is 1.80. The van der Waals surface area contributed by atoms with Gasteiger partial charge in [0, 0.05) is 5.92 Å². The second kappa shape index (κ2) is 3.45. The first-order valence-corrected chi connectivity index (χ1v) is 5.50. The van der Waals surface area contributed by atoms with Crippen molar-refractivity contribution in [1.29, 1.82) is 0 Å². The maximum absolute atomic E-state index is 5.93. The van der Waals surface area contributed by atoms with E-state index in [-0.39, 0.29) is 0 Å². The maximum Gasteiger partial charge on any atom is 0.0646 e. The van der Waals surface area contributed by atoms with Crippen molar-refractivity contribution < 1.29 is 4.74 Å². The summed E-state index contributed by atoms with van der Waals surface area (Å²) in [5.74, 6) is 1.55. The molecule has 3 aliphatic rings. The van der Waals surface area contributed by atoms with Gasteiger partial charge in [0.05, 0.1) is 12.2 Å². The molecule has 74 valence electrons. The molecule has 0 radical (unpaired) electrons. The van der Waals surface area contributed by atoms with Crippen molar-refractivity contribution in [2.75, 3.05) is 0 Å². The van der Waals surface area contributed by atoms with Gasteiger partial charge in [0.25, 0.3) is 0 Å². The van der Waals surface area contributed by atoms with E-state index in [9.17, 15) is 0 Å². The van der Waals surface area contributed by atoms with Crippen LogP contribution in [0.2, 0.25) is 0 Å². The standard InChI is InChI=1S/C12H20O/c1-8(2)13-12-7-10-4-5-11(12)9(3)6-10/h8,10-12H,3-7H2,1-2H3/t10-,11+,12+/m1/s1. The lowest BCUT2D eigenvalue weighted by atomic mass is 9.66. The van der Waals surface area contributed by atoms with Gasteiger partial charge in [-0.1, -0.05) is 12.2 Å². The maximum atomic E-state index is 5.93. The van der Waals surface area contributed by atoms with E-state index in [1.165, 1.54) is 31.3 Å². The Bertz CT molecular complexity index is 205. The number of hydrogen-bond acceptors (Lipinski definition) is 1. The van der Waals surface area contributed by atoms with Gasteiger partial charge in [0.1, 0.15) is 0 Å². The SMILES string of the molecule is C=C1C[C@H]2CC[C@@H]1[C@@H](OC(C)C)C2. The van der Waals surface area contributed by atoms with Gasteiger partial charge in [-0.05, 0) is 45.4 Å². The zero-order chi connectivity index (χ0) is 9.42. The summed E-state index contributed by atoms with van der Waals surface area (Å²) in [6.07, 6.45) is 6.13. The van der Waals surface area contributed by atoms with Gasteiger partial charge in [0.15, 0.2) is 0 Å². The lowest BCUT2D eigenvalue weighted by Crippen LogP contribution is -2.39. The van der Waals surface area contributed by atoms with Gasteiger partial charge in [-0.2, -0.15) is 0 Å². The third-order valence-corrected chi connectivity index (χ3v) is 3.42. The van der Waals surface area contributed by atoms with Gasteiger partial charge in [-0.3, -0.25) is 0 Å². The average molecular weight is 180 g/mol. The molecule has 0 unspecified atom stereocenters. The fourth-order valence-electron chi connectivity index (χ4n) is 2.89. The van der Waals surface area contributed by atoms with Crippen LogP contribution in [-0.4, -0.2) is 12.2 Å². The Morgan fingerprint density at radius 1 is 1.38 bits per heavy atom. The Morgan fingerprint density at radius 2 is 2.15 bits per heavy atom. The Morgan fingerprint density at radius 3 is 2.69 bits per heavy atom. The first kappa shape index (κ1) is 9.26. The highest BCUT2D eigenvalue weighted by atomic mass is 16.5. The van der Waals surface area contributed by atoms with Crippen LogP contribution in [0, 0.1) is 11.8 Å². The van der Waals surface area contributed by atoms with Crippen molar-refractivity contribution in [1.82, 2.24) is 0 Å². The Balaban J connectivity index is 2.02. The molecule has 3 aliphatic carbocycles. The molecule has 3 atom stereocenters. The molecule has 1 nitrogen and oxygen atoms in total. The van der Waals surface area contributed by atoms with Gasteiger partial charge in [0.2, 0.25) is 0 Å². The fraction of sp³-hybridized carbons (Fsp3) is 0.833. The van der Waals surface area contributed by atoms with Crippen LogP contribution in [0.5, 0.6) is 0 Å². The van der Waals surface area contributed by atoms with Crippen molar-refractivity contribution in [3.8, 4) is 0 Å². The Labute approximate surface area is 81.2 Å². The molecule has 0 heterocycles. The number of rotatable bonds is 2. The molecule has 1 heteroatoms. The van der Waals surface area contributed by atoms with E-state index >= 15 is 0 Å². The molecule has 3 fully saturated rings. The lowest BCUT2D eigenvalue weighted by molar-refractivity contribution is -0.0612. The first-order chi connectivity index (χ1) is 6.16. The molecule has 3 saturated carbocycles. The highest BCUT2D eigenvalue weighted by Crippen LogP contribution is 2.45. The molecular formula is C12H20O. The smallest absolute Gasteiger partial charge is 0.0646 e. The molecular weight excluding hydrogens is 160 g/mol. The predicted octanol–water partition coefficient (Wildman–Crippen LogP) is 3.16. The topological polar surface area (TPSA) is 9.23 Å². The predicted molar refractivity (Wildman–Crippen MR) is 54.6 cm³/mol. The molecule has 0 N–H and O–H groups in total. The summed E-state index contributed by atoms with van der Waals surface area (Å²) in [7, 11) is 0. The zero-order valence-corrected chi connectivity index (χ0v) is 8.75. The highest BCUT2D eigenvalue weighted by Gasteiger charge is 2.38.